The molecule has 0 saturated carbocycles. The fraction of sp³-hybridized carbons (Fsp3) is 0.889. The highest BCUT2D eigenvalue weighted by molar-refractivity contribution is 5.75. The second kappa shape index (κ2) is 5.19. The molecule has 4 nitrogen and oxygen atoms in total. The van der Waals surface area contributed by atoms with Crippen molar-refractivity contribution in [2.24, 2.45) is 0 Å². The minimum absolute atomic E-state index is 0.284. The van der Waals surface area contributed by atoms with E-state index in [4.69, 9.17) is 4.74 Å². The van der Waals surface area contributed by atoms with Crippen LogP contribution in [-0.4, -0.2) is 35.4 Å². The van der Waals surface area contributed by atoms with E-state index in [2.05, 4.69) is 0 Å². The van der Waals surface area contributed by atoms with Crippen molar-refractivity contribution in [2.75, 3.05) is 13.2 Å². The van der Waals surface area contributed by atoms with Crippen molar-refractivity contribution in [3.05, 3.63) is 0 Å². The second-order valence-corrected chi connectivity index (χ2v) is 3.34. The summed E-state index contributed by atoms with van der Waals surface area (Å²) in [6.07, 6.45) is 3.48. The molecule has 76 valence electrons. The van der Waals surface area contributed by atoms with Gasteiger partial charge in [-0.3, -0.25) is 4.79 Å². The van der Waals surface area contributed by atoms with E-state index < -0.39 is 6.04 Å². The lowest BCUT2D eigenvalue weighted by molar-refractivity contribution is -0.167. The van der Waals surface area contributed by atoms with Crippen molar-refractivity contribution in [1.82, 2.24) is 5.06 Å². The van der Waals surface area contributed by atoms with Crippen molar-refractivity contribution < 1.29 is 14.7 Å². The monoisotopic (exact) mass is 187 g/mol. The summed E-state index contributed by atoms with van der Waals surface area (Å²) in [5.74, 6) is -0.284. The first-order chi connectivity index (χ1) is 6.25. The highest BCUT2D eigenvalue weighted by atomic mass is 16.6. The van der Waals surface area contributed by atoms with E-state index in [9.17, 15) is 10.0 Å². The number of nitrogens with zero attached hydrogens (tertiary/aromatic N) is 1. The minimum Gasteiger partial charge on any atom is -0.464 e. The molecule has 4 heteroatoms. The Morgan fingerprint density at radius 1 is 1.69 bits per heavy atom. The fourth-order valence-electron chi connectivity index (χ4n) is 1.40. The number of esters is 1. The van der Waals surface area contributed by atoms with Gasteiger partial charge in [0, 0.05) is 6.54 Å². The predicted octanol–water partition coefficient (Wildman–Crippen LogP) is 1.18. The van der Waals surface area contributed by atoms with Gasteiger partial charge in [-0.05, 0) is 19.3 Å². The van der Waals surface area contributed by atoms with Gasteiger partial charge in [-0.1, -0.05) is 13.3 Å². The van der Waals surface area contributed by atoms with Crippen LogP contribution in [0.25, 0.3) is 0 Å². The smallest absolute Gasteiger partial charge is 0.325 e. The van der Waals surface area contributed by atoms with Crippen LogP contribution in [0, 0.1) is 0 Å². The van der Waals surface area contributed by atoms with Crippen LogP contribution in [0.3, 0.4) is 0 Å². The molecule has 1 aliphatic heterocycles. The SMILES string of the molecule is CCCCOC(=O)[C@@H]1CCCN1O. The van der Waals surface area contributed by atoms with E-state index >= 15 is 0 Å². The van der Waals surface area contributed by atoms with Crippen molar-refractivity contribution in [2.45, 2.75) is 38.6 Å². The number of carbonyl (C=O) groups is 1. The van der Waals surface area contributed by atoms with Crippen LogP contribution in [0.4, 0.5) is 0 Å². The molecule has 1 N–H and O–H groups in total. The maximum atomic E-state index is 11.3. The molecule has 1 atom stereocenters. The molecule has 0 unspecified atom stereocenters. The molecule has 0 aliphatic carbocycles. The van der Waals surface area contributed by atoms with E-state index in [1.807, 2.05) is 6.92 Å². The third kappa shape index (κ3) is 2.97. The lowest BCUT2D eigenvalue weighted by atomic mass is 10.2. The van der Waals surface area contributed by atoms with Crippen molar-refractivity contribution in [1.29, 1.82) is 0 Å². The summed E-state index contributed by atoms with van der Waals surface area (Å²) in [5, 5.41) is 10.3. The number of unbranched alkanes of at least 4 members (excludes halogenated alkanes) is 1. The Kier molecular flexibility index (Phi) is 4.18. The van der Waals surface area contributed by atoms with Crippen molar-refractivity contribution >= 4 is 5.97 Å². The van der Waals surface area contributed by atoms with E-state index in [-0.39, 0.29) is 5.97 Å². The molecule has 0 aromatic heterocycles. The molecule has 1 heterocycles. The van der Waals surface area contributed by atoms with Gasteiger partial charge in [0.15, 0.2) is 0 Å². The molecular weight excluding hydrogens is 170 g/mol. The van der Waals surface area contributed by atoms with E-state index in [0.29, 0.717) is 19.6 Å². The Morgan fingerprint density at radius 2 is 2.46 bits per heavy atom. The van der Waals surface area contributed by atoms with Crippen LogP contribution < -0.4 is 0 Å². The van der Waals surface area contributed by atoms with Gasteiger partial charge in [0.2, 0.25) is 0 Å². The van der Waals surface area contributed by atoms with Crippen molar-refractivity contribution in [3.63, 3.8) is 0 Å². The molecule has 0 spiro atoms. The molecule has 0 aromatic rings. The molecule has 0 aromatic carbocycles. The first-order valence-corrected chi connectivity index (χ1v) is 4.88. The summed E-state index contributed by atoms with van der Waals surface area (Å²) in [7, 11) is 0. The number of hydroxylamine groups is 2. The lowest BCUT2D eigenvalue weighted by Crippen LogP contribution is -2.34. The zero-order valence-corrected chi connectivity index (χ0v) is 8.03. The largest absolute Gasteiger partial charge is 0.464 e. The van der Waals surface area contributed by atoms with Crippen LogP contribution in [-0.2, 0) is 9.53 Å². The van der Waals surface area contributed by atoms with Crippen LogP contribution in [0.15, 0.2) is 0 Å². The van der Waals surface area contributed by atoms with Gasteiger partial charge in [-0.25, -0.2) is 0 Å². The zero-order valence-electron chi connectivity index (χ0n) is 8.03. The number of hydrogen-bond acceptors (Lipinski definition) is 4. The molecule has 1 fully saturated rings. The third-order valence-electron chi connectivity index (χ3n) is 2.24. The average Bonchev–Trinajstić information content (AvgIpc) is 2.52. The van der Waals surface area contributed by atoms with Crippen molar-refractivity contribution in [3.8, 4) is 0 Å². The maximum Gasteiger partial charge on any atom is 0.325 e. The predicted molar refractivity (Wildman–Crippen MR) is 47.4 cm³/mol. The van der Waals surface area contributed by atoms with Gasteiger partial charge in [-0.15, -0.1) is 0 Å². The Balaban J connectivity index is 2.22. The van der Waals surface area contributed by atoms with Gasteiger partial charge >= 0.3 is 5.97 Å². The van der Waals surface area contributed by atoms with Gasteiger partial charge in [0.1, 0.15) is 6.04 Å². The van der Waals surface area contributed by atoms with E-state index in [0.717, 1.165) is 24.3 Å². The average molecular weight is 187 g/mol. The number of ether oxygens (including phenoxy) is 1. The van der Waals surface area contributed by atoms with Gasteiger partial charge in [-0.2, -0.15) is 5.06 Å². The highest BCUT2D eigenvalue weighted by Gasteiger charge is 2.30. The van der Waals surface area contributed by atoms with E-state index in [1.54, 1.807) is 0 Å². The first kappa shape index (κ1) is 10.5. The van der Waals surface area contributed by atoms with Gasteiger partial charge < -0.3 is 9.94 Å². The third-order valence-corrected chi connectivity index (χ3v) is 2.24. The maximum absolute atomic E-state index is 11.3. The summed E-state index contributed by atoms with van der Waals surface area (Å²) < 4.78 is 5.00. The summed E-state index contributed by atoms with van der Waals surface area (Å²) in [6.45, 7) is 3.09. The van der Waals surface area contributed by atoms with Crippen LogP contribution >= 0.6 is 0 Å². The summed E-state index contributed by atoms with van der Waals surface area (Å²) in [5.41, 5.74) is 0. The Bertz CT molecular complexity index is 172. The normalized spacial score (nSPS) is 23.4. The number of rotatable bonds is 4. The number of carbonyl (C=O) groups excluding carboxylic acids is 1. The molecule has 1 rings (SSSR count). The summed E-state index contributed by atoms with van der Waals surface area (Å²) in [6, 6.07) is -0.420. The fourth-order valence-corrected chi connectivity index (χ4v) is 1.40. The van der Waals surface area contributed by atoms with Crippen LogP contribution in [0.1, 0.15) is 32.6 Å². The van der Waals surface area contributed by atoms with Crippen LogP contribution in [0.2, 0.25) is 0 Å². The van der Waals surface area contributed by atoms with Gasteiger partial charge in [0.25, 0.3) is 0 Å². The topological polar surface area (TPSA) is 49.8 Å². The highest BCUT2D eigenvalue weighted by Crippen LogP contribution is 2.15. The van der Waals surface area contributed by atoms with Gasteiger partial charge in [0.05, 0.1) is 6.61 Å². The molecular formula is C9H17NO3. The lowest BCUT2D eigenvalue weighted by Gasteiger charge is -2.15. The Labute approximate surface area is 78.4 Å². The second-order valence-electron chi connectivity index (χ2n) is 3.34. The molecule has 13 heavy (non-hydrogen) atoms. The Morgan fingerprint density at radius 3 is 3.00 bits per heavy atom. The van der Waals surface area contributed by atoms with Crippen LogP contribution in [0.5, 0.6) is 0 Å². The Hall–Kier alpha value is -0.610. The molecule has 0 bridgehead atoms. The molecule has 1 aliphatic rings. The zero-order chi connectivity index (χ0) is 9.68. The molecule has 1 saturated heterocycles. The number of hydrogen-bond donors (Lipinski definition) is 1. The molecule has 0 amide bonds. The summed E-state index contributed by atoms with van der Waals surface area (Å²) >= 11 is 0. The first-order valence-electron chi connectivity index (χ1n) is 4.88. The van der Waals surface area contributed by atoms with E-state index in [1.165, 1.54) is 0 Å². The minimum atomic E-state index is -0.420. The quantitative estimate of drug-likeness (QED) is 0.530. The summed E-state index contributed by atoms with van der Waals surface area (Å²) in [4.78, 5) is 11.3. The molecule has 0 radical (unpaired) electrons. The standard InChI is InChI=1S/C9H17NO3/c1-2-3-7-13-9(11)8-5-4-6-10(8)12/h8,12H,2-7H2,1H3/t8-/m0/s1.